The fourth-order valence-electron chi connectivity index (χ4n) is 1.96. The molecule has 0 unspecified atom stereocenters. The van der Waals surface area contributed by atoms with Gasteiger partial charge in [0.05, 0.1) is 0 Å². The van der Waals surface area contributed by atoms with Crippen molar-refractivity contribution in [2.45, 2.75) is 25.8 Å². The van der Waals surface area contributed by atoms with E-state index in [-0.39, 0.29) is 0 Å². The Morgan fingerprint density at radius 3 is 1.95 bits per heavy atom. The minimum absolute atomic E-state index is 1.14. The SMILES string of the molecule is O=C(O)C(=O)O.c1ccc(CN2CCCCC2)cc1. The van der Waals surface area contributed by atoms with Crippen LogP contribution in [0.3, 0.4) is 0 Å². The van der Waals surface area contributed by atoms with Gasteiger partial charge in [0.15, 0.2) is 0 Å². The Labute approximate surface area is 112 Å². The number of carboxylic acid groups (broad SMARTS) is 2. The normalized spacial score (nSPS) is 15.2. The van der Waals surface area contributed by atoms with Gasteiger partial charge in [0.1, 0.15) is 0 Å². The van der Waals surface area contributed by atoms with Gasteiger partial charge in [-0.15, -0.1) is 0 Å². The van der Waals surface area contributed by atoms with Crippen molar-refractivity contribution in [3.05, 3.63) is 35.9 Å². The fourth-order valence-corrected chi connectivity index (χ4v) is 1.96. The zero-order chi connectivity index (χ0) is 14.1. The van der Waals surface area contributed by atoms with Gasteiger partial charge in [-0.3, -0.25) is 4.90 Å². The second-order valence-corrected chi connectivity index (χ2v) is 4.43. The average molecular weight is 265 g/mol. The number of benzene rings is 1. The predicted molar refractivity (Wildman–Crippen MR) is 70.8 cm³/mol. The highest BCUT2D eigenvalue weighted by Crippen LogP contribution is 2.12. The van der Waals surface area contributed by atoms with Gasteiger partial charge in [0.25, 0.3) is 0 Å². The molecule has 0 saturated carbocycles. The second kappa shape index (κ2) is 8.26. The van der Waals surface area contributed by atoms with E-state index in [2.05, 4.69) is 35.2 Å². The molecule has 1 aliphatic heterocycles. The number of aliphatic carboxylic acids is 2. The molecular weight excluding hydrogens is 246 g/mol. The summed E-state index contributed by atoms with van der Waals surface area (Å²) in [5.74, 6) is -3.65. The van der Waals surface area contributed by atoms with Gasteiger partial charge in [0, 0.05) is 6.54 Å². The summed E-state index contributed by atoms with van der Waals surface area (Å²) in [5, 5.41) is 14.8. The van der Waals surface area contributed by atoms with E-state index >= 15 is 0 Å². The van der Waals surface area contributed by atoms with Crippen molar-refractivity contribution in [2.24, 2.45) is 0 Å². The van der Waals surface area contributed by atoms with Gasteiger partial charge < -0.3 is 10.2 Å². The first-order chi connectivity index (χ1) is 9.09. The van der Waals surface area contributed by atoms with Crippen molar-refractivity contribution in [1.29, 1.82) is 0 Å². The number of rotatable bonds is 2. The first-order valence-corrected chi connectivity index (χ1v) is 6.32. The van der Waals surface area contributed by atoms with Gasteiger partial charge in [-0.1, -0.05) is 36.8 Å². The number of hydrogen-bond donors (Lipinski definition) is 2. The maximum absolute atomic E-state index is 9.10. The summed E-state index contributed by atoms with van der Waals surface area (Å²) in [6.45, 7) is 3.71. The lowest BCUT2D eigenvalue weighted by molar-refractivity contribution is -0.159. The molecule has 19 heavy (non-hydrogen) atoms. The number of carboxylic acids is 2. The molecule has 104 valence electrons. The van der Waals surface area contributed by atoms with E-state index in [0.717, 1.165) is 6.54 Å². The van der Waals surface area contributed by atoms with E-state index in [0.29, 0.717) is 0 Å². The number of hydrogen-bond acceptors (Lipinski definition) is 3. The summed E-state index contributed by atoms with van der Waals surface area (Å²) >= 11 is 0. The van der Waals surface area contributed by atoms with Crippen LogP contribution in [0.15, 0.2) is 30.3 Å². The van der Waals surface area contributed by atoms with Gasteiger partial charge in [-0.2, -0.15) is 0 Å². The van der Waals surface area contributed by atoms with Crippen molar-refractivity contribution >= 4 is 11.9 Å². The van der Waals surface area contributed by atoms with Crippen molar-refractivity contribution in [3.8, 4) is 0 Å². The molecule has 0 bridgehead atoms. The van der Waals surface area contributed by atoms with Gasteiger partial charge in [-0.25, -0.2) is 9.59 Å². The summed E-state index contributed by atoms with van der Waals surface area (Å²) in [6, 6.07) is 10.8. The number of likely N-dealkylation sites (tertiary alicyclic amines) is 1. The average Bonchev–Trinajstić information content (AvgIpc) is 2.41. The zero-order valence-electron chi connectivity index (χ0n) is 10.8. The Morgan fingerprint density at radius 2 is 1.47 bits per heavy atom. The lowest BCUT2D eigenvalue weighted by atomic mass is 10.1. The Kier molecular flexibility index (Phi) is 6.60. The third kappa shape index (κ3) is 6.57. The van der Waals surface area contributed by atoms with E-state index in [1.807, 2.05) is 0 Å². The lowest BCUT2D eigenvalue weighted by Gasteiger charge is -2.26. The van der Waals surface area contributed by atoms with Crippen molar-refractivity contribution in [1.82, 2.24) is 4.90 Å². The van der Waals surface area contributed by atoms with Crippen LogP contribution in [-0.4, -0.2) is 40.1 Å². The van der Waals surface area contributed by atoms with Gasteiger partial charge in [0.2, 0.25) is 0 Å². The molecule has 0 aromatic heterocycles. The lowest BCUT2D eigenvalue weighted by Crippen LogP contribution is -2.28. The zero-order valence-corrected chi connectivity index (χ0v) is 10.8. The van der Waals surface area contributed by atoms with Crippen LogP contribution in [0.25, 0.3) is 0 Å². The fraction of sp³-hybridized carbons (Fsp3) is 0.429. The first-order valence-electron chi connectivity index (χ1n) is 6.32. The monoisotopic (exact) mass is 265 g/mol. The smallest absolute Gasteiger partial charge is 0.414 e. The van der Waals surface area contributed by atoms with Crippen LogP contribution >= 0.6 is 0 Å². The molecule has 1 saturated heterocycles. The molecule has 0 amide bonds. The Balaban J connectivity index is 0.000000258. The Bertz CT molecular complexity index is 387. The van der Waals surface area contributed by atoms with Gasteiger partial charge >= 0.3 is 11.9 Å². The number of carbonyl (C=O) groups is 2. The van der Waals surface area contributed by atoms with Crippen LogP contribution < -0.4 is 0 Å². The highest BCUT2D eigenvalue weighted by atomic mass is 16.4. The molecule has 0 spiro atoms. The predicted octanol–water partition coefficient (Wildman–Crippen LogP) is 1.83. The van der Waals surface area contributed by atoms with Crippen LogP contribution in [0.2, 0.25) is 0 Å². The third-order valence-corrected chi connectivity index (χ3v) is 2.88. The molecule has 1 fully saturated rings. The summed E-state index contributed by atoms with van der Waals surface area (Å²) in [7, 11) is 0. The van der Waals surface area contributed by atoms with Crippen LogP contribution in [-0.2, 0) is 16.1 Å². The molecule has 2 N–H and O–H groups in total. The molecule has 0 radical (unpaired) electrons. The largest absolute Gasteiger partial charge is 0.473 e. The third-order valence-electron chi connectivity index (χ3n) is 2.88. The number of nitrogens with zero attached hydrogens (tertiary/aromatic N) is 1. The van der Waals surface area contributed by atoms with E-state index in [1.165, 1.54) is 37.9 Å². The molecule has 5 nitrogen and oxygen atoms in total. The van der Waals surface area contributed by atoms with Crippen molar-refractivity contribution in [3.63, 3.8) is 0 Å². The van der Waals surface area contributed by atoms with E-state index < -0.39 is 11.9 Å². The van der Waals surface area contributed by atoms with E-state index in [9.17, 15) is 0 Å². The standard InChI is InChI=1S/C12H17N.C2H2O4/c1-3-7-12(8-4-1)11-13-9-5-2-6-10-13;3-1(4)2(5)6/h1,3-4,7-8H,2,5-6,9-11H2;(H,3,4)(H,5,6). The topological polar surface area (TPSA) is 77.8 Å². The maximum Gasteiger partial charge on any atom is 0.414 e. The van der Waals surface area contributed by atoms with E-state index in [4.69, 9.17) is 19.8 Å². The minimum Gasteiger partial charge on any atom is -0.473 e. The van der Waals surface area contributed by atoms with Crippen LogP contribution in [0.5, 0.6) is 0 Å². The molecular formula is C14H19NO4. The second-order valence-electron chi connectivity index (χ2n) is 4.43. The maximum atomic E-state index is 9.10. The van der Waals surface area contributed by atoms with Crippen LogP contribution in [0.4, 0.5) is 0 Å². The Hall–Kier alpha value is -1.88. The molecule has 5 heteroatoms. The highest BCUT2D eigenvalue weighted by molar-refractivity contribution is 6.27. The highest BCUT2D eigenvalue weighted by Gasteiger charge is 2.09. The summed E-state index contributed by atoms with van der Waals surface area (Å²) < 4.78 is 0. The van der Waals surface area contributed by atoms with E-state index in [1.54, 1.807) is 0 Å². The Morgan fingerprint density at radius 1 is 0.947 bits per heavy atom. The van der Waals surface area contributed by atoms with Crippen LogP contribution in [0.1, 0.15) is 24.8 Å². The molecule has 1 aromatic carbocycles. The summed E-state index contributed by atoms with van der Waals surface area (Å²) in [6.07, 6.45) is 4.19. The minimum atomic E-state index is -1.82. The van der Waals surface area contributed by atoms with Crippen molar-refractivity contribution < 1.29 is 19.8 Å². The quantitative estimate of drug-likeness (QED) is 0.798. The number of piperidine rings is 1. The van der Waals surface area contributed by atoms with Crippen LogP contribution in [0, 0.1) is 0 Å². The summed E-state index contributed by atoms with van der Waals surface area (Å²) in [4.78, 5) is 20.8. The molecule has 0 atom stereocenters. The molecule has 1 heterocycles. The summed E-state index contributed by atoms with van der Waals surface area (Å²) in [5.41, 5.74) is 1.45. The molecule has 2 rings (SSSR count). The van der Waals surface area contributed by atoms with Gasteiger partial charge in [-0.05, 0) is 31.5 Å². The van der Waals surface area contributed by atoms with Crippen molar-refractivity contribution in [2.75, 3.05) is 13.1 Å². The molecule has 1 aliphatic rings. The first kappa shape index (κ1) is 15.2. The molecule has 0 aliphatic carbocycles. The molecule has 1 aromatic rings.